The highest BCUT2D eigenvalue weighted by Crippen LogP contribution is 2.40. The van der Waals surface area contributed by atoms with Gasteiger partial charge >= 0.3 is 0 Å². The van der Waals surface area contributed by atoms with Gasteiger partial charge in [0.1, 0.15) is 0 Å². The molecule has 1 aromatic rings. The van der Waals surface area contributed by atoms with E-state index in [2.05, 4.69) is 17.1 Å². The van der Waals surface area contributed by atoms with Crippen LogP contribution in [-0.4, -0.2) is 23.6 Å². The summed E-state index contributed by atoms with van der Waals surface area (Å²) < 4.78 is 0. The zero-order valence-corrected chi connectivity index (χ0v) is 12.3. The van der Waals surface area contributed by atoms with Crippen LogP contribution in [0.1, 0.15) is 44.3 Å². The Morgan fingerprint density at radius 1 is 1.35 bits per heavy atom. The average Bonchev–Trinajstić information content (AvgIpc) is 2.60. The zero-order valence-electron chi connectivity index (χ0n) is 11.5. The van der Waals surface area contributed by atoms with Crippen LogP contribution >= 0.6 is 11.6 Å². The van der Waals surface area contributed by atoms with Gasteiger partial charge in [-0.25, -0.2) is 0 Å². The van der Waals surface area contributed by atoms with Gasteiger partial charge in [-0.3, -0.25) is 4.79 Å². The van der Waals surface area contributed by atoms with Crippen molar-refractivity contribution in [3.63, 3.8) is 0 Å². The Labute approximate surface area is 123 Å². The summed E-state index contributed by atoms with van der Waals surface area (Å²) in [6.07, 6.45) is 3.71. The number of aliphatic hydroxyl groups excluding tert-OH is 1. The molecule has 20 heavy (non-hydrogen) atoms. The molecule has 2 N–H and O–H groups in total. The highest BCUT2D eigenvalue weighted by Gasteiger charge is 2.31. The number of carbonyl (C=O) groups is 1. The Bertz CT molecular complexity index is 547. The van der Waals surface area contributed by atoms with E-state index in [-0.39, 0.29) is 5.91 Å². The number of halogens is 1. The molecule has 1 aromatic carbocycles. The van der Waals surface area contributed by atoms with Gasteiger partial charge in [0.25, 0.3) is 5.91 Å². The molecular weight excluding hydrogens is 276 g/mol. The fourth-order valence-corrected chi connectivity index (χ4v) is 3.39. The second-order valence-corrected chi connectivity index (χ2v) is 6.08. The van der Waals surface area contributed by atoms with Gasteiger partial charge < -0.3 is 15.3 Å². The number of anilines is 2. The van der Waals surface area contributed by atoms with Gasteiger partial charge in [0.05, 0.1) is 10.7 Å². The molecule has 1 amide bonds. The molecule has 2 aliphatic rings. The molecule has 108 valence electrons. The number of rotatable bonds is 1. The number of benzene rings is 1. The Kier molecular flexibility index (Phi) is 3.61. The van der Waals surface area contributed by atoms with Crippen molar-refractivity contribution in [2.24, 2.45) is 0 Å². The van der Waals surface area contributed by atoms with Gasteiger partial charge in [0, 0.05) is 23.8 Å². The monoisotopic (exact) mass is 294 g/mol. The van der Waals surface area contributed by atoms with Crippen LogP contribution in [0.15, 0.2) is 12.1 Å². The molecule has 2 heterocycles. The third-order valence-corrected chi connectivity index (χ3v) is 4.58. The van der Waals surface area contributed by atoms with Crippen molar-refractivity contribution in [2.75, 3.05) is 16.8 Å². The molecule has 0 bridgehead atoms. The van der Waals surface area contributed by atoms with Crippen molar-refractivity contribution in [1.29, 1.82) is 0 Å². The number of aliphatic hydroxyl groups is 1. The summed E-state index contributed by atoms with van der Waals surface area (Å²) in [6, 6.07) is 4.05. The van der Waals surface area contributed by atoms with E-state index in [9.17, 15) is 9.90 Å². The number of nitrogens with zero attached hydrogens (tertiary/aromatic N) is 1. The van der Waals surface area contributed by atoms with Gasteiger partial charge in [0.15, 0.2) is 6.10 Å². The molecule has 0 radical (unpaired) electrons. The first-order chi connectivity index (χ1) is 9.58. The lowest BCUT2D eigenvalue weighted by atomic mass is 10.1. The van der Waals surface area contributed by atoms with Gasteiger partial charge in [-0.2, -0.15) is 0 Å². The van der Waals surface area contributed by atoms with Gasteiger partial charge in [-0.15, -0.1) is 0 Å². The Morgan fingerprint density at radius 2 is 2.15 bits per heavy atom. The van der Waals surface area contributed by atoms with E-state index in [1.54, 1.807) is 6.07 Å². The van der Waals surface area contributed by atoms with Crippen LogP contribution in [0.25, 0.3) is 0 Å². The molecule has 1 fully saturated rings. The lowest BCUT2D eigenvalue weighted by Crippen LogP contribution is -2.32. The molecule has 2 unspecified atom stereocenters. The van der Waals surface area contributed by atoms with Gasteiger partial charge in [-0.05, 0) is 31.9 Å². The van der Waals surface area contributed by atoms with E-state index < -0.39 is 6.10 Å². The first-order valence-electron chi connectivity index (χ1n) is 7.17. The average molecular weight is 295 g/mol. The summed E-state index contributed by atoms with van der Waals surface area (Å²) in [5.74, 6) is -0.378. The van der Waals surface area contributed by atoms with E-state index in [1.807, 2.05) is 6.07 Å². The maximum Gasteiger partial charge on any atom is 0.257 e. The molecule has 0 spiro atoms. The molecule has 0 saturated carbocycles. The third-order valence-electron chi connectivity index (χ3n) is 4.28. The second kappa shape index (κ2) is 5.26. The molecule has 3 rings (SSSR count). The van der Waals surface area contributed by atoms with Crippen LogP contribution in [0, 0.1) is 0 Å². The minimum absolute atomic E-state index is 0.378. The highest BCUT2D eigenvalue weighted by molar-refractivity contribution is 6.33. The maximum atomic E-state index is 11.5. The Balaban J connectivity index is 1.98. The van der Waals surface area contributed by atoms with E-state index in [0.29, 0.717) is 22.3 Å². The van der Waals surface area contributed by atoms with Crippen LogP contribution in [0.2, 0.25) is 5.02 Å². The third kappa shape index (κ3) is 2.27. The molecule has 0 aliphatic carbocycles. The predicted octanol–water partition coefficient (Wildman–Crippen LogP) is 3.09. The van der Waals surface area contributed by atoms with Crippen molar-refractivity contribution in [3.05, 3.63) is 22.7 Å². The summed E-state index contributed by atoms with van der Waals surface area (Å²) in [6.45, 7) is 3.19. The van der Waals surface area contributed by atoms with Crippen molar-refractivity contribution >= 4 is 28.9 Å². The molecule has 5 heteroatoms. The van der Waals surface area contributed by atoms with Crippen LogP contribution in [0.4, 0.5) is 11.4 Å². The molecule has 4 nitrogen and oxygen atoms in total. The smallest absolute Gasteiger partial charge is 0.257 e. The number of carbonyl (C=O) groups excluding carboxylic acids is 1. The fourth-order valence-electron chi connectivity index (χ4n) is 3.11. The fraction of sp³-hybridized carbons (Fsp3) is 0.533. The topological polar surface area (TPSA) is 52.6 Å². The van der Waals surface area contributed by atoms with E-state index in [0.717, 1.165) is 25.1 Å². The number of amides is 1. The van der Waals surface area contributed by atoms with Crippen LogP contribution in [-0.2, 0) is 4.79 Å². The summed E-state index contributed by atoms with van der Waals surface area (Å²) >= 11 is 6.38. The number of nitrogens with one attached hydrogen (secondary N) is 1. The number of fused-ring (bicyclic) bond motifs is 1. The largest absolute Gasteiger partial charge is 0.378 e. The van der Waals surface area contributed by atoms with E-state index in [4.69, 9.17) is 11.6 Å². The quantitative estimate of drug-likeness (QED) is 0.837. The van der Waals surface area contributed by atoms with Crippen LogP contribution in [0.3, 0.4) is 0 Å². The minimum Gasteiger partial charge on any atom is -0.378 e. The zero-order chi connectivity index (χ0) is 14.3. The Hall–Kier alpha value is -1.26. The molecule has 1 saturated heterocycles. The van der Waals surface area contributed by atoms with Crippen molar-refractivity contribution in [2.45, 2.75) is 44.8 Å². The maximum absolute atomic E-state index is 11.5. The minimum atomic E-state index is -1.10. The SMILES string of the molecule is CC1CCCCCN1c1cc2c(cc1Cl)C(O)C(=O)N2. The Morgan fingerprint density at radius 3 is 2.95 bits per heavy atom. The van der Waals surface area contributed by atoms with Crippen molar-refractivity contribution in [3.8, 4) is 0 Å². The van der Waals surface area contributed by atoms with Gasteiger partial charge in [0.2, 0.25) is 0 Å². The van der Waals surface area contributed by atoms with Gasteiger partial charge in [-0.1, -0.05) is 24.4 Å². The summed E-state index contributed by atoms with van der Waals surface area (Å²) in [7, 11) is 0. The van der Waals surface area contributed by atoms with E-state index in [1.165, 1.54) is 12.8 Å². The van der Waals surface area contributed by atoms with Crippen molar-refractivity contribution in [1.82, 2.24) is 0 Å². The number of hydrogen-bond acceptors (Lipinski definition) is 3. The van der Waals surface area contributed by atoms with Crippen LogP contribution < -0.4 is 10.2 Å². The van der Waals surface area contributed by atoms with E-state index >= 15 is 0 Å². The second-order valence-electron chi connectivity index (χ2n) is 5.67. The number of hydrogen-bond donors (Lipinski definition) is 2. The first kappa shape index (κ1) is 13.7. The summed E-state index contributed by atoms with van der Waals surface area (Å²) in [5.41, 5.74) is 2.21. The van der Waals surface area contributed by atoms with Crippen LogP contribution in [0.5, 0.6) is 0 Å². The lowest BCUT2D eigenvalue weighted by Gasteiger charge is -2.30. The predicted molar refractivity (Wildman–Crippen MR) is 80.3 cm³/mol. The standard InChI is InChI=1S/C15H19ClN2O2/c1-9-5-3-2-4-6-18(9)13-8-12-10(7-11(13)16)14(19)15(20)17-12/h7-9,14,19H,2-6H2,1H3,(H,17,20). The van der Waals surface area contributed by atoms with Crippen molar-refractivity contribution < 1.29 is 9.90 Å². The normalized spacial score (nSPS) is 26.1. The highest BCUT2D eigenvalue weighted by atomic mass is 35.5. The molecule has 2 aliphatic heterocycles. The summed E-state index contributed by atoms with van der Waals surface area (Å²) in [4.78, 5) is 13.8. The lowest BCUT2D eigenvalue weighted by molar-refractivity contribution is -0.123. The molecular formula is C15H19ClN2O2. The summed E-state index contributed by atoms with van der Waals surface area (Å²) in [5, 5.41) is 13.1. The molecule has 2 atom stereocenters. The first-order valence-corrected chi connectivity index (χ1v) is 7.54. The molecule has 0 aromatic heterocycles.